The molecule has 5 heteroatoms. The van der Waals surface area contributed by atoms with Crippen LogP contribution in [-0.4, -0.2) is 17.5 Å². The molecule has 2 rings (SSSR count). The van der Waals surface area contributed by atoms with Gasteiger partial charge < -0.3 is 10.1 Å². The number of ether oxygens (including phenoxy) is 1. The van der Waals surface area contributed by atoms with Gasteiger partial charge in [0.25, 0.3) is 5.91 Å². The van der Waals surface area contributed by atoms with Crippen molar-refractivity contribution in [3.05, 3.63) is 59.7 Å². The van der Waals surface area contributed by atoms with Gasteiger partial charge in [-0.15, -0.1) is 0 Å². The van der Waals surface area contributed by atoms with E-state index in [1.807, 2.05) is 25.1 Å². The molecule has 104 valence electrons. The van der Waals surface area contributed by atoms with Crippen molar-refractivity contribution in [1.29, 1.82) is 0 Å². The first kappa shape index (κ1) is 14.1. The molecule has 0 atom stereocenters. The molecule has 1 aromatic heterocycles. The largest absolute Gasteiger partial charge is 0.377 e. The Bertz CT molecular complexity index is 602. The van der Waals surface area contributed by atoms with Gasteiger partial charge in [0.2, 0.25) is 5.95 Å². The van der Waals surface area contributed by atoms with Crippen molar-refractivity contribution in [1.82, 2.24) is 4.98 Å². The van der Waals surface area contributed by atoms with Crippen LogP contribution in [-0.2, 0) is 11.3 Å². The maximum Gasteiger partial charge on any atom is 0.274 e. The monoisotopic (exact) mass is 274 g/mol. The second-order valence-electron chi connectivity index (χ2n) is 4.09. The van der Waals surface area contributed by atoms with Crippen molar-refractivity contribution in [2.24, 2.45) is 0 Å². The van der Waals surface area contributed by atoms with Gasteiger partial charge in [-0.05, 0) is 25.1 Å². The van der Waals surface area contributed by atoms with Crippen molar-refractivity contribution < 1.29 is 13.9 Å². The van der Waals surface area contributed by atoms with E-state index in [1.54, 1.807) is 6.07 Å². The number of pyridine rings is 1. The molecule has 1 heterocycles. The zero-order valence-corrected chi connectivity index (χ0v) is 11.1. The van der Waals surface area contributed by atoms with E-state index in [1.165, 1.54) is 18.2 Å². The van der Waals surface area contributed by atoms with Crippen LogP contribution >= 0.6 is 0 Å². The number of amides is 1. The summed E-state index contributed by atoms with van der Waals surface area (Å²) < 4.78 is 18.3. The van der Waals surface area contributed by atoms with E-state index in [0.29, 0.717) is 18.9 Å². The van der Waals surface area contributed by atoms with Gasteiger partial charge in [0.15, 0.2) is 0 Å². The smallest absolute Gasteiger partial charge is 0.274 e. The third kappa shape index (κ3) is 3.61. The van der Waals surface area contributed by atoms with Crippen LogP contribution in [0.4, 0.5) is 10.1 Å². The molecule has 1 aromatic carbocycles. The maximum absolute atomic E-state index is 13.0. The number of benzene rings is 1. The topological polar surface area (TPSA) is 51.2 Å². The Labute approximate surface area is 116 Å². The highest BCUT2D eigenvalue weighted by Gasteiger charge is 2.10. The number of carbonyl (C=O) groups excluding carboxylic acids is 1. The Morgan fingerprint density at radius 1 is 1.25 bits per heavy atom. The number of rotatable bonds is 5. The van der Waals surface area contributed by atoms with Gasteiger partial charge in [0, 0.05) is 17.9 Å². The highest BCUT2D eigenvalue weighted by atomic mass is 19.1. The van der Waals surface area contributed by atoms with Crippen LogP contribution in [0.2, 0.25) is 0 Å². The Hall–Kier alpha value is -2.27. The number of para-hydroxylation sites is 1. The summed E-state index contributed by atoms with van der Waals surface area (Å²) in [6.07, 6.45) is 0. The summed E-state index contributed by atoms with van der Waals surface area (Å²) in [5, 5.41) is 2.71. The van der Waals surface area contributed by atoms with Crippen molar-refractivity contribution in [3.63, 3.8) is 0 Å². The normalized spacial score (nSPS) is 10.3. The summed E-state index contributed by atoms with van der Waals surface area (Å²) in [5.74, 6) is -1.13. The van der Waals surface area contributed by atoms with Gasteiger partial charge >= 0.3 is 0 Å². The first-order chi connectivity index (χ1) is 9.70. The van der Waals surface area contributed by atoms with Crippen molar-refractivity contribution in [2.75, 3.05) is 11.9 Å². The molecule has 0 radical (unpaired) electrons. The van der Waals surface area contributed by atoms with Crippen molar-refractivity contribution in [2.45, 2.75) is 13.5 Å². The second-order valence-corrected chi connectivity index (χ2v) is 4.09. The minimum atomic E-state index is -0.680. The van der Waals surface area contributed by atoms with E-state index in [-0.39, 0.29) is 5.69 Å². The third-order valence-corrected chi connectivity index (χ3v) is 2.68. The van der Waals surface area contributed by atoms with Crippen LogP contribution in [0, 0.1) is 5.95 Å². The Morgan fingerprint density at radius 2 is 2.05 bits per heavy atom. The number of hydrogen-bond donors (Lipinski definition) is 1. The molecule has 2 aromatic rings. The van der Waals surface area contributed by atoms with Crippen molar-refractivity contribution in [3.8, 4) is 0 Å². The van der Waals surface area contributed by atoms with E-state index >= 15 is 0 Å². The predicted octanol–water partition coefficient (Wildman–Crippen LogP) is 3.01. The zero-order chi connectivity index (χ0) is 14.4. The highest BCUT2D eigenvalue weighted by molar-refractivity contribution is 6.03. The van der Waals surface area contributed by atoms with Crippen LogP contribution < -0.4 is 5.32 Å². The number of nitrogens with one attached hydrogen (secondary N) is 1. The maximum atomic E-state index is 13.0. The molecule has 0 aliphatic rings. The van der Waals surface area contributed by atoms with Gasteiger partial charge in [-0.2, -0.15) is 4.39 Å². The summed E-state index contributed by atoms with van der Waals surface area (Å²) in [6.45, 7) is 2.90. The summed E-state index contributed by atoms with van der Waals surface area (Å²) in [7, 11) is 0. The zero-order valence-electron chi connectivity index (χ0n) is 11.1. The van der Waals surface area contributed by atoms with E-state index in [9.17, 15) is 9.18 Å². The number of nitrogens with zero attached hydrogens (tertiary/aromatic N) is 1. The number of carbonyl (C=O) groups is 1. The van der Waals surface area contributed by atoms with Gasteiger partial charge in [0.05, 0.1) is 6.61 Å². The minimum Gasteiger partial charge on any atom is -0.377 e. The molecule has 4 nitrogen and oxygen atoms in total. The average Bonchev–Trinajstić information content (AvgIpc) is 2.46. The van der Waals surface area contributed by atoms with Crippen LogP contribution in [0.25, 0.3) is 0 Å². The molecule has 0 aliphatic heterocycles. The molecule has 0 saturated heterocycles. The van der Waals surface area contributed by atoms with Crippen LogP contribution in [0.3, 0.4) is 0 Å². The lowest BCUT2D eigenvalue weighted by Gasteiger charge is -2.10. The average molecular weight is 274 g/mol. The first-order valence-electron chi connectivity index (χ1n) is 6.30. The van der Waals surface area contributed by atoms with Crippen LogP contribution in [0.1, 0.15) is 23.0 Å². The number of aromatic nitrogens is 1. The Balaban J connectivity index is 2.15. The van der Waals surface area contributed by atoms with Crippen molar-refractivity contribution >= 4 is 11.6 Å². The number of anilines is 1. The molecule has 0 bridgehead atoms. The molecule has 0 unspecified atom stereocenters. The lowest BCUT2D eigenvalue weighted by Crippen LogP contribution is -2.15. The molecular formula is C15H15FN2O2. The SMILES string of the molecule is CCOCc1ccccc1NC(=O)c1cccc(F)n1. The molecule has 0 fully saturated rings. The molecule has 0 aliphatic carbocycles. The van der Waals surface area contributed by atoms with Gasteiger partial charge in [0.1, 0.15) is 5.69 Å². The molecule has 20 heavy (non-hydrogen) atoms. The molecule has 1 N–H and O–H groups in total. The fourth-order valence-corrected chi connectivity index (χ4v) is 1.70. The lowest BCUT2D eigenvalue weighted by atomic mass is 10.2. The van der Waals surface area contributed by atoms with E-state index in [0.717, 1.165) is 5.56 Å². The van der Waals surface area contributed by atoms with E-state index in [4.69, 9.17) is 4.74 Å². The lowest BCUT2D eigenvalue weighted by molar-refractivity contribution is 0.102. The molecule has 1 amide bonds. The van der Waals surface area contributed by atoms with E-state index < -0.39 is 11.9 Å². The fourth-order valence-electron chi connectivity index (χ4n) is 1.70. The fraction of sp³-hybridized carbons (Fsp3) is 0.200. The van der Waals surface area contributed by atoms with Gasteiger partial charge in [-0.1, -0.05) is 24.3 Å². The predicted molar refractivity (Wildman–Crippen MR) is 73.9 cm³/mol. The highest BCUT2D eigenvalue weighted by Crippen LogP contribution is 2.17. The van der Waals surface area contributed by atoms with E-state index in [2.05, 4.69) is 10.3 Å². The minimum absolute atomic E-state index is 0.0382. The standard InChI is InChI=1S/C15H15FN2O2/c1-2-20-10-11-6-3-4-7-12(11)18-15(19)13-8-5-9-14(16)17-13/h3-9H,2,10H2,1H3,(H,18,19). The summed E-state index contributed by atoms with van der Waals surface area (Å²) >= 11 is 0. The summed E-state index contributed by atoms with van der Waals surface area (Å²) in [4.78, 5) is 15.6. The Morgan fingerprint density at radius 3 is 2.80 bits per heavy atom. The number of halogens is 1. The molecule has 0 spiro atoms. The summed E-state index contributed by atoms with van der Waals surface area (Å²) in [5.41, 5.74) is 1.53. The first-order valence-corrected chi connectivity index (χ1v) is 6.30. The summed E-state index contributed by atoms with van der Waals surface area (Å²) in [6, 6.07) is 11.4. The quantitative estimate of drug-likeness (QED) is 0.853. The third-order valence-electron chi connectivity index (χ3n) is 2.68. The van der Waals surface area contributed by atoms with Gasteiger partial charge in [-0.3, -0.25) is 4.79 Å². The number of hydrogen-bond acceptors (Lipinski definition) is 3. The van der Waals surface area contributed by atoms with Crippen LogP contribution in [0.5, 0.6) is 0 Å². The second kappa shape index (κ2) is 6.77. The molecule has 0 saturated carbocycles. The Kier molecular flexibility index (Phi) is 4.79. The van der Waals surface area contributed by atoms with Crippen LogP contribution in [0.15, 0.2) is 42.5 Å². The van der Waals surface area contributed by atoms with Gasteiger partial charge in [-0.25, -0.2) is 4.98 Å². The molecular weight excluding hydrogens is 259 g/mol.